The van der Waals surface area contributed by atoms with Crippen LogP contribution in [0.25, 0.3) is 0 Å². The van der Waals surface area contributed by atoms with E-state index in [1.807, 2.05) is 6.92 Å². The first-order chi connectivity index (χ1) is 8.49. The van der Waals surface area contributed by atoms with Gasteiger partial charge in [0.2, 0.25) is 0 Å². The number of halogens is 1. The number of anilines is 1. The Bertz CT molecular complexity index is 521. The zero-order valence-electron chi connectivity index (χ0n) is 10.1. The lowest BCUT2D eigenvalue weighted by Gasteiger charge is -2.32. The molecular formula is C11H16BrN3O2S. The Labute approximate surface area is 116 Å². The van der Waals surface area contributed by atoms with Gasteiger partial charge in [-0.2, -0.15) is 12.7 Å². The maximum absolute atomic E-state index is 12.2. The molecule has 0 spiro atoms. The van der Waals surface area contributed by atoms with Gasteiger partial charge in [-0.25, -0.2) is 4.98 Å². The SMILES string of the molecule is CC1CCCCN1S(=O)(=O)Nc1cc(Br)ccn1. The average molecular weight is 334 g/mol. The molecule has 7 heteroatoms. The minimum absolute atomic E-state index is 0.0448. The van der Waals surface area contributed by atoms with Gasteiger partial charge in [0.25, 0.3) is 0 Å². The van der Waals surface area contributed by atoms with Crippen LogP contribution in [0, 0.1) is 0 Å². The quantitative estimate of drug-likeness (QED) is 0.923. The molecule has 1 aromatic heterocycles. The van der Waals surface area contributed by atoms with Crippen LogP contribution in [0.2, 0.25) is 0 Å². The van der Waals surface area contributed by atoms with E-state index in [2.05, 4.69) is 25.6 Å². The zero-order valence-corrected chi connectivity index (χ0v) is 12.5. The molecule has 18 heavy (non-hydrogen) atoms. The highest BCUT2D eigenvalue weighted by Gasteiger charge is 2.29. The summed E-state index contributed by atoms with van der Waals surface area (Å²) in [6.45, 7) is 2.51. The molecule has 0 amide bonds. The Morgan fingerprint density at radius 3 is 2.94 bits per heavy atom. The van der Waals surface area contributed by atoms with E-state index >= 15 is 0 Å². The molecule has 100 valence electrons. The molecule has 1 unspecified atom stereocenters. The van der Waals surface area contributed by atoms with Crippen molar-refractivity contribution in [1.29, 1.82) is 0 Å². The first-order valence-corrected chi connectivity index (χ1v) is 8.13. The minimum Gasteiger partial charge on any atom is -0.254 e. The van der Waals surface area contributed by atoms with Crippen molar-refractivity contribution >= 4 is 32.0 Å². The van der Waals surface area contributed by atoms with Crippen molar-refractivity contribution in [3.05, 3.63) is 22.8 Å². The van der Waals surface area contributed by atoms with Crippen LogP contribution < -0.4 is 4.72 Å². The second-order valence-electron chi connectivity index (χ2n) is 4.42. The van der Waals surface area contributed by atoms with E-state index < -0.39 is 10.2 Å². The van der Waals surface area contributed by atoms with Gasteiger partial charge in [0.15, 0.2) is 0 Å². The van der Waals surface area contributed by atoms with Crippen LogP contribution in [0.3, 0.4) is 0 Å². The fourth-order valence-electron chi connectivity index (χ4n) is 2.08. The molecule has 2 rings (SSSR count). The van der Waals surface area contributed by atoms with Crippen LogP contribution in [0.4, 0.5) is 5.82 Å². The molecule has 0 saturated carbocycles. The number of aromatic nitrogens is 1. The first kappa shape index (κ1) is 13.8. The second-order valence-corrected chi connectivity index (χ2v) is 6.96. The number of pyridine rings is 1. The standard InChI is InChI=1S/C11H16BrN3O2S/c1-9-4-2-3-7-15(9)18(16,17)14-11-8-10(12)5-6-13-11/h5-6,8-9H,2-4,7H2,1H3,(H,13,14). The third-order valence-electron chi connectivity index (χ3n) is 3.01. The van der Waals surface area contributed by atoms with E-state index in [1.54, 1.807) is 18.3 Å². The van der Waals surface area contributed by atoms with Crippen LogP contribution in [-0.2, 0) is 10.2 Å². The lowest BCUT2D eigenvalue weighted by Crippen LogP contribution is -2.44. The van der Waals surface area contributed by atoms with Gasteiger partial charge in [-0.1, -0.05) is 22.4 Å². The van der Waals surface area contributed by atoms with E-state index in [0.29, 0.717) is 12.4 Å². The molecule has 1 aliphatic heterocycles. The number of hydrogen-bond acceptors (Lipinski definition) is 3. The van der Waals surface area contributed by atoms with E-state index in [1.165, 1.54) is 4.31 Å². The van der Waals surface area contributed by atoms with Crippen molar-refractivity contribution in [3.8, 4) is 0 Å². The van der Waals surface area contributed by atoms with E-state index in [0.717, 1.165) is 23.7 Å². The summed E-state index contributed by atoms with van der Waals surface area (Å²) in [6, 6.07) is 3.44. The topological polar surface area (TPSA) is 62.3 Å². The second kappa shape index (κ2) is 5.54. The monoisotopic (exact) mass is 333 g/mol. The molecule has 0 radical (unpaired) electrons. The number of nitrogens with zero attached hydrogens (tertiary/aromatic N) is 2. The molecular weight excluding hydrogens is 318 g/mol. The molecule has 0 aliphatic carbocycles. The molecule has 1 saturated heterocycles. The van der Waals surface area contributed by atoms with Crippen molar-refractivity contribution in [3.63, 3.8) is 0 Å². The normalized spacial score (nSPS) is 21.8. The summed E-state index contributed by atoms with van der Waals surface area (Å²) in [4.78, 5) is 4.00. The summed E-state index contributed by atoms with van der Waals surface area (Å²) in [5.41, 5.74) is 0. The Morgan fingerprint density at radius 2 is 2.28 bits per heavy atom. The van der Waals surface area contributed by atoms with E-state index in [-0.39, 0.29) is 6.04 Å². The van der Waals surface area contributed by atoms with Crippen molar-refractivity contribution in [2.75, 3.05) is 11.3 Å². The van der Waals surface area contributed by atoms with Gasteiger partial charge in [0.05, 0.1) is 0 Å². The minimum atomic E-state index is -3.50. The number of rotatable bonds is 3. The van der Waals surface area contributed by atoms with Gasteiger partial charge < -0.3 is 0 Å². The van der Waals surface area contributed by atoms with Crippen molar-refractivity contribution in [2.45, 2.75) is 32.2 Å². The molecule has 5 nitrogen and oxygen atoms in total. The van der Waals surface area contributed by atoms with E-state index in [4.69, 9.17) is 0 Å². The smallest absolute Gasteiger partial charge is 0.254 e. The fraction of sp³-hybridized carbons (Fsp3) is 0.545. The van der Waals surface area contributed by atoms with Crippen LogP contribution in [-0.4, -0.2) is 30.3 Å². The van der Waals surface area contributed by atoms with Gasteiger partial charge in [-0.05, 0) is 31.9 Å². The molecule has 1 aromatic rings. The Kier molecular flexibility index (Phi) is 4.24. The summed E-state index contributed by atoms with van der Waals surface area (Å²) in [7, 11) is -3.50. The largest absolute Gasteiger partial charge is 0.303 e. The molecule has 1 aliphatic rings. The summed E-state index contributed by atoms with van der Waals surface area (Å²) in [5.74, 6) is 0.335. The predicted molar refractivity (Wildman–Crippen MR) is 74.5 cm³/mol. The Balaban J connectivity index is 2.16. The molecule has 0 aromatic carbocycles. The highest BCUT2D eigenvalue weighted by molar-refractivity contribution is 9.10. The lowest BCUT2D eigenvalue weighted by molar-refractivity contribution is 0.270. The average Bonchev–Trinajstić information content (AvgIpc) is 2.28. The third-order valence-corrected chi connectivity index (χ3v) is 5.13. The predicted octanol–water partition coefficient (Wildman–Crippen LogP) is 2.38. The highest BCUT2D eigenvalue weighted by Crippen LogP contribution is 2.21. The van der Waals surface area contributed by atoms with Gasteiger partial charge in [0, 0.05) is 23.3 Å². The van der Waals surface area contributed by atoms with Crippen molar-refractivity contribution in [1.82, 2.24) is 9.29 Å². The number of nitrogens with one attached hydrogen (secondary N) is 1. The van der Waals surface area contributed by atoms with Gasteiger partial charge in [-0.3, -0.25) is 4.72 Å². The summed E-state index contributed by atoms with van der Waals surface area (Å²) in [5, 5.41) is 0. The molecule has 1 N–H and O–H groups in total. The third kappa shape index (κ3) is 3.21. The molecule has 1 fully saturated rings. The summed E-state index contributed by atoms with van der Waals surface area (Å²) < 4.78 is 29.3. The zero-order chi connectivity index (χ0) is 13.2. The van der Waals surface area contributed by atoms with Crippen LogP contribution >= 0.6 is 15.9 Å². The summed E-state index contributed by atoms with van der Waals surface area (Å²) >= 11 is 3.29. The van der Waals surface area contributed by atoms with Crippen LogP contribution in [0.1, 0.15) is 26.2 Å². The van der Waals surface area contributed by atoms with Crippen LogP contribution in [0.5, 0.6) is 0 Å². The molecule has 0 bridgehead atoms. The molecule has 1 atom stereocenters. The lowest BCUT2D eigenvalue weighted by atomic mass is 10.1. The highest BCUT2D eigenvalue weighted by atomic mass is 79.9. The fourth-order valence-corrected chi connectivity index (χ4v) is 3.86. The van der Waals surface area contributed by atoms with Crippen LogP contribution in [0.15, 0.2) is 22.8 Å². The van der Waals surface area contributed by atoms with Gasteiger partial charge in [0.1, 0.15) is 5.82 Å². The van der Waals surface area contributed by atoms with E-state index in [9.17, 15) is 8.42 Å². The number of piperidine rings is 1. The Morgan fingerprint density at radius 1 is 1.50 bits per heavy atom. The van der Waals surface area contributed by atoms with Gasteiger partial charge >= 0.3 is 10.2 Å². The maximum Gasteiger partial charge on any atom is 0.303 e. The van der Waals surface area contributed by atoms with Crippen molar-refractivity contribution < 1.29 is 8.42 Å². The molecule has 2 heterocycles. The number of hydrogen-bond donors (Lipinski definition) is 1. The first-order valence-electron chi connectivity index (χ1n) is 5.90. The Hall–Kier alpha value is -0.660. The summed E-state index contributed by atoms with van der Waals surface area (Å²) in [6.07, 6.45) is 4.47. The van der Waals surface area contributed by atoms with Crippen molar-refractivity contribution in [2.24, 2.45) is 0 Å². The maximum atomic E-state index is 12.2. The van der Waals surface area contributed by atoms with Gasteiger partial charge in [-0.15, -0.1) is 0 Å².